The van der Waals surface area contributed by atoms with Crippen molar-refractivity contribution in [1.82, 2.24) is 9.55 Å². The summed E-state index contributed by atoms with van der Waals surface area (Å²) in [5.41, 5.74) is 2.13. The van der Waals surface area contributed by atoms with E-state index < -0.39 is 4.92 Å². The summed E-state index contributed by atoms with van der Waals surface area (Å²) in [5, 5.41) is 11.2. The Hall–Kier alpha value is -2.80. The third kappa shape index (κ3) is 2.66. The van der Waals surface area contributed by atoms with Crippen LogP contribution in [0.3, 0.4) is 0 Å². The second-order valence-electron chi connectivity index (χ2n) is 5.79. The Kier molecular flexibility index (Phi) is 3.73. The standard InChI is InChI=1S/C18H12BrN3O3/c19-15-4-2-1-3-11(15)9-12-7-8-21-17(12)20-16-6-5-13(22(24)25)10-14(16)18(21)23/h1-6,9-10H,7-8H2/b12-9-. The molecule has 0 unspecified atom stereocenters. The Bertz CT molecular complexity index is 1120. The van der Waals surface area contributed by atoms with Gasteiger partial charge in [-0.3, -0.25) is 19.5 Å². The first-order valence-corrected chi connectivity index (χ1v) is 8.48. The molecule has 1 aliphatic rings. The number of aromatic nitrogens is 2. The minimum atomic E-state index is -0.505. The Labute approximate surface area is 150 Å². The lowest BCUT2D eigenvalue weighted by molar-refractivity contribution is -0.384. The van der Waals surface area contributed by atoms with Crippen molar-refractivity contribution in [3.8, 4) is 0 Å². The zero-order valence-corrected chi connectivity index (χ0v) is 14.6. The Morgan fingerprint density at radius 3 is 2.80 bits per heavy atom. The van der Waals surface area contributed by atoms with E-state index in [-0.39, 0.29) is 16.6 Å². The summed E-state index contributed by atoms with van der Waals surface area (Å²) in [5.74, 6) is 0.627. The zero-order chi connectivity index (χ0) is 17.6. The summed E-state index contributed by atoms with van der Waals surface area (Å²) in [6, 6.07) is 12.0. The number of nitro groups is 1. The van der Waals surface area contributed by atoms with Crippen LogP contribution in [0.1, 0.15) is 17.8 Å². The van der Waals surface area contributed by atoms with Crippen molar-refractivity contribution in [2.75, 3.05) is 0 Å². The summed E-state index contributed by atoms with van der Waals surface area (Å²) < 4.78 is 2.56. The molecule has 7 heteroatoms. The maximum Gasteiger partial charge on any atom is 0.270 e. The van der Waals surface area contributed by atoms with E-state index in [1.807, 2.05) is 30.3 Å². The van der Waals surface area contributed by atoms with Crippen LogP contribution in [0.25, 0.3) is 22.6 Å². The monoisotopic (exact) mass is 397 g/mol. The van der Waals surface area contributed by atoms with Gasteiger partial charge in [0.1, 0.15) is 5.82 Å². The first-order chi connectivity index (χ1) is 12.0. The van der Waals surface area contributed by atoms with Crippen molar-refractivity contribution in [2.45, 2.75) is 13.0 Å². The number of non-ortho nitro benzene ring substituents is 1. The van der Waals surface area contributed by atoms with Crippen molar-refractivity contribution < 1.29 is 4.92 Å². The van der Waals surface area contributed by atoms with Gasteiger partial charge in [-0.2, -0.15) is 0 Å². The summed E-state index contributed by atoms with van der Waals surface area (Å²) in [7, 11) is 0. The molecule has 2 heterocycles. The topological polar surface area (TPSA) is 78.0 Å². The Balaban J connectivity index is 1.90. The van der Waals surface area contributed by atoms with Crippen molar-refractivity contribution in [3.05, 3.63) is 78.8 Å². The van der Waals surface area contributed by atoms with Crippen LogP contribution >= 0.6 is 15.9 Å². The van der Waals surface area contributed by atoms with E-state index in [0.29, 0.717) is 24.3 Å². The lowest BCUT2D eigenvalue weighted by atomic mass is 10.1. The second-order valence-corrected chi connectivity index (χ2v) is 6.65. The van der Waals surface area contributed by atoms with E-state index in [2.05, 4.69) is 20.9 Å². The van der Waals surface area contributed by atoms with Gasteiger partial charge < -0.3 is 0 Å². The van der Waals surface area contributed by atoms with Crippen molar-refractivity contribution >= 4 is 44.2 Å². The number of nitrogens with zero attached hydrogens (tertiary/aromatic N) is 3. The van der Waals surface area contributed by atoms with E-state index in [1.165, 1.54) is 18.2 Å². The molecule has 0 saturated heterocycles. The summed E-state index contributed by atoms with van der Waals surface area (Å²) in [4.78, 5) is 27.7. The predicted octanol–water partition coefficient (Wildman–Crippen LogP) is 4.01. The molecule has 0 aliphatic carbocycles. The number of hydrogen-bond acceptors (Lipinski definition) is 4. The molecular weight excluding hydrogens is 386 g/mol. The van der Waals surface area contributed by atoms with Gasteiger partial charge >= 0.3 is 0 Å². The molecule has 3 aromatic rings. The first kappa shape index (κ1) is 15.7. The molecule has 4 rings (SSSR count). The molecule has 1 aliphatic heterocycles. The van der Waals surface area contributed by atoms with E-state index in [1.54, 1.807) is 4.57 Å². The van der Waals surface area contributed by atoms with Gasteiger partial charge in [0.05, 0.1) is 15.8 Å². The fraction of sp³-hybridized carbons (Fsp3) is 0.111. The normalized spacial score (nSPS) is 14.8. The molecule has 0 N–H and O–H groups in total. The lowest BCUT2D eigenvalue weighted by Gasteiger charge is -2.06. The molecule has 0 bridgehead atoms. The third-order valence-electron chi connectivity index (χ3n) is 4.28. The average molecular weight is 398 g/mol. The molecule has 0 spiro atoms. The number of benzene rings is 2. The molecule has 0 saturated carbocycles. The maximum atomic E-state index is 12.7. The lowest BCUT2D eigenvalue weighted by Crippen LogP contribution is -2.20. The number of nitro benzene ring substituents is 1. The van der Waals surface area contributed by atoms with E-state index in [9.17, 15) is 14.9 Å². The van der Waals surface area contributed by atoms with Crippen LogP contribution < -0.4 is 5.56 Å². The van der Waals surface area contributed by atoms with Gasteiger partial charge in [0.2, 0.25) is 0 Å². The van der Waals surface area contributed by atoms with Gasteiger partial charge in [-0.15, -0.1) is 0 Å². The minimum absolute atomic E-state index is 0.103. The largest absolute Gasteiger partial charge is 0.292 e. The van der Waals surface area contributed by atoms with Gasteiger partial charge in [0.25, 0.3) is 11.2 Å². The highest BCUT2D eigenvalue weighted by molar-refractivity contribution is 9.10. The molecule has 25 heavy (non-hydrogen) atoms. The van der Waals surface area contributed by atoms with Crippen LogP contribution in [0.5, 0.6) is 0 Å². The van der Waals surface area contributed by atoms with Gasteiger partial charge in [0, 0.05) is 23.2 Å². The maximum absolute atomic E-state index is 12.7. The van der Waals surface area contributed by atoms with E-state index in [0.717, 1.165) is 15.6 Å². The molecule has 0 fully saturated rings. The highest BCUT2D eigenvalue weighted by Crippen LogP contribution is 2.30. The highest BCUT2D eigenvalue weighted by atomic mass is 79.9. The minimum Gasteiger partial charge on any atom is -0.292 e. The van der Waals surface area contributed by atoms with E-state index in [4.69, 9.17) is 0 Å². The van der Waals surface area contributed by atoms with Crippen molar-refractivity contribution in [2.24, 2.45) is 0 Å². The van der Waals surface area contributed by atoms with Crippen molar-refractivity contribution in [3.63, 3.8) is 0 Å². The highest BCUT2D eigenvalue weighted by Gasteiger charge is 2.22. The predicted molar refractivity (Wildman–Crippen MR) is 99.3 cm³/mol. The third-order valence-corrected chi connectivity index (χ3v) is 5.00. The van der Waals surface area contributed by atoms with Crippen LogP contribution in [-0.4, -0.2) is 14.5 Å². The van der Waals surface area contributed by atoms with Crippen LogP contribution in [-0.2, 0) is 6.54 Å². The van der Waals surface area contributed by atoms with Gasteiger partial charge in [-0.25, -0.2) is 4.98 Å². The summed E-state index contributed by atoms with van der Waals surface area (Å²) in [6.45, 7) is 0.524. The van der Waals surface area contributed by atoms with Crippen LogP contribution in [0.15, 0.2) is 51.7 Å². The average Bonchev–Trinajstić information content (AvgIpc) is 3.00. The number of halogens is 1. The summed E-state index contributed by atoms with van der Waals surface area (Å²) >= 11 is 3.52. The molecule has 124 valence electrons. The van der Waals surface area contributed by atoms with Gasteiger partial charge in [0.15, 0.2) is 0 Å². The number of hydrogen-bond donors (Lipinski definition) is 0. The number of fused-ring (bicyclic) bond motifs is 2. The molecule has 6 nitrogen and oxygen atoms in total. The van der Waals surface area contributed by atoms with Gasteiger partial charge in [-0.05, 0) is 35.8 Å². The SMILES string of the molecule is O=c1c2cc([N+](=O)[O-])ccc2nc2n1CC/C2=C/c1ccccc1Br. The zero-order valence-electron chi connectivity index (χ0n) is 13.0. The van der Waals surface area contributed by atoms with Crippen LogP contribution in [0.2, 0.25) is 0 Å². The first-order valence-electron chi connectivity index (χ1n) is 7.69. The molecular formula is C18H12BrN3O3. The molecule has 0 amide bonds. The molecule has 0 atom stereocenters. The van der Waals surface area contributed by atoms with Gasteiger partial charge in [-0.1, -0.05) is 34.1 Å². The number of allylic oxidation sites excluding steroid dienone is 1. The number of rotatable bonds is 2. The van der Waals surface area contributed by atoms with Crippen molar-refractivity contribution in [1.29, 1.82) is 0 Å². The second kappa shape index (κ2) is 5.93. The van der Waals surface area contributed by atoms with Crippen LogP contribution in [0.4, 0.5) is 5.69 Å². The quantitative estimate of drug-likeness (QED) is 0.483. The summed E-state index contributed by atoms with van der Waals surface area (Å²) in [6.07, 6.45) is 2.72. The molecule has 2 aromatic carbocycles. The fourth-order valence-corrected chi connectivity index (χ4v) is 3.43. The van der Waals surface area contributed by atoms with Crippen LogP contribution in [0, 0.1) is 10.1 Å². The fourth-order valence-electron chi connectivity index (χ4n) is 3.04. The molecule has 1 aromatic heterocycles. The van der Waals surface area contributed by atoms with E-state index >= 15 is 0 Å². The Morgan fingerprint density at radius 1 is 1.24 bits per heavy atom. The smallest absolute Gasteiger partial charge is 0.270 e. The molecule has 0 radical (unpaired) electrons. The Morgan fingerprint density at radius 2 is 2.04 bits per heavy atom.